The number of rotatable bonds is 3. The van der Waals surface area contributed by atoms with Crippen LogP contribution >= 0.6 is 23.1 Å². The molecule has 2 heterocycles. The van der Waals surface area contributed by atoms with Crippen molar-refractivity contribution < 1.29 is 9.59 Å². The molecule has 0 atom stereocenters. The molecule has 0 aromatic carbocycles. The summed E-state index contributed by atoms with van der Waals surface area (Å²) >= 11 is 2.66. The zero-order valence-corrected chi connectivity index (χ0v) is 11.9. The number of nitrogens with two attached hydrogens (primary N) is 1. The Morgan fingerprint density at radius 3 is 2.67 bits per heavy atom. The van der Waals surface area contributed by atoms with Crippen LogP contribution in [0, 0.1) is 13.8 Å². The van der Waals surface area contributed by atoms with Gasteiger partial charge in [0.1, 0.15) is 0 Å². The number of aryl methyl sites for hydroxylation is 2. The molecule has 1 aromatic rings. The van der Waals surface area contributed by atoms with Crippen LogP contribution in [0.25, 0.3) is 6.08 Å². The zero-order chi connectivity index (χ0) is 13.3. The molecule has 0 saturated carbocycles. The predicted octanol–water partition coefficient (Wildman–Crippen LogP) is 2.36. The number of carbonyl (C=O) groups is 2. The Morgan fingerprint density at radius 2 is 2.11 bits per heavy atom. The molecule has 2 N–H and O–H groups in total. The molecule has 96 valence electrons. The van der Waals surface area contributed by atoms with E-state index in [0.717, 1.165) is 22.2 Å². The molecule has 0 bridgehead atoms. The minimum atomic E-state index is -0.237. The van der Waals surface area contributed by atoms with Crippen LogP contribution in [0.2, 0.25) is 0 Å². The lowest BCUT2D eigenvalue weighted by molar-refractivity contribution is -0.122. The first-order chi connectivity index (χ1) is 8.52. The van der Waals surface area contributed by atoms with Gasteiger partial charge in [0.15, 0.2) is 0 Å². The molecule has 0 radical (unpaired) electrons. The van der Waals surface area contributed by atoms with Gasteiger partial charge < -0.3 is 5.73 Å². The molecule has 0 aliphatic carbocycles. The highest BCUT2D eigenvalue weighted by Crippen LogP contribution is 2.33. The van der Waals surface area contributed by atoms with Crippen LogP contribution in [0.4, 0.5) is 4.79 Å². The first-order valence-electron chi connectivity index (χ1n) is 5.55. The summed E-state index contributed by atoms with van der Waals surface area (Å²) in [5.41, 5.74) is 6.40. The average Bonchev–Trinajstić information content (AvgIpc) is 2.74. The minimum absolute atomic E-state index is 0.235. The summed E-state index contributed by atoms with van der Waals surface area (Å²) in [5, 5.41) is -0.235. The maximum atomic E-state index is 12.0. The summed E-state index contributed by atoms with van der Waals surface area (Å²) in [5.74, 6) is -0.237. The molecule has 2 rings (SSSR count). The van der Waals surface area contributed by atoms with E-state index in [1.54, 1.807) is 17.4 Å². The third-order valence-electron chi connectivity index (χ3n) is 2.59. The minimum Gasteiger partial charge on any atom is -0.329 e. The lowest BCUT2D eigenvalue weighted by Crippen LogP contribution is -2.33. The van der Waals surface area contributed by atoms with Crippen molar-refractivity contribution in [2.75, 3.05) is 13.1 Å². The Bertz CT molecular complexity index is 534. The van der Waals surface area contributed by atoms with Crippen molar-refractivity contribution in [1.82, 2.24) is 4.90 Å². The van der Waals surface area contributed by atoms with Gasteiger partial charge in [-0.1, -0.05) is 0 Å². The van der Waals surface area contributed by atoms with Crippen molar-refractivity contribution in [2.24, 2.45) is 5.73 Å². The van der Waals surface area contributed by atoms with Crippen molar-refractivity contribution >= 4 is 40.3 Å². The van der Waals surface area contributed by atoms with Crippen LogP contribution in [-0.4, -0.2) is 29.1 Å². The second kappa shape index (κ2) is 5.26. The molecule has 4 nitrogen and oxygen atoms in total. The number of hydrogen-bond donors (Lipinski definition) is 1. The van der Waals surface area contributed by atoms with Gasteiger partial charge >= 0.3 is 0 Å². The number of amides is 2. The highest BCUT2D eigenvalue weighted by atomic mass is 32.2. The SMILES string of the molecule is Cc1cc(C=C2SC(=O)N(CCN)C2=O)c(C)s1. The van der Waals surface area contributed by atoms with Gasteiger partial charge in [0.25, 0.3) is 11.1 Å². The summed E-state index contributed by atoms with van der Waals surface area (Å²) < 4.78 is 0. The van der Waals surface area contributed by atoms with E-state index in [-0.39, 0.29) is 17.7 Å². The van der Waals surface area contributed by atoms with Crippen LogP contribution < -0.4 is 5.73 Å². The number of thiophene rings is 1. The van der Waals surface area contributed by atoms with Crippen LogP contribution in [0.5, 0.6) is 0 Å². The predicted molar refractivity (Wildman–Crippen MR) is 75.5 cm³/mol. The third-order valence-corrected chi connectivity index (χ3v) is 4.48. The Morgan fingerprint density at radius 1 is 1.39 bits per heavy atom. The summed E-state index contributed by atoms with van der Waals surface area (Å²) in [4.78, 5) is 27.7. The van der Waals surface area contributed by atoms with Crippen molar-refractivity contribution in [3.05, 3.63) is 26.3 Å². The van der Waals surface area contributed by atoms with Crippen molar-refractivity contribution in [3.63, 3.8) is 0 Å². The van der Waals surface area contributed by atoms with E-state index in [1.165, 1.54) is 9.78 Å². The smallest absolute Gasteiger partial charge is 0.293 e. The Hall–Kier alpha value is -1.11. The summed E-state index contributed by atoms with van der Waals surface area (Å²) in [7, 11) is 0. The van der Waals surface area contributed by atoms with Gasteiger partial charge in [-0.25, -0.2) is 0 Å². The number of thioether (sulfide) groups is 1. The molecular weight excluding hydrogens is 268 g/mol. The van der Waals surface area contributed by atoms with Gasteiger partial charge in [-0.05, 0) is 43.3 Å². The van der Waals surface area contributed by atoms with E-state index in [2.05, 4.69) is 0 Å². The van der Waals surface area contributed by atoms with Crippen molar-refractivity contribution in [3.8, 4) is 0 Å². The van der Waals surface area contributed by atoms with Crippen molar-refractivity contribution in [1.29, 1.82) is 0 Å². The molecule has 0 spiro atoms. The zero-order valence-electron chi connectivity index (χ0n) is 10.2. The van der Waals surface area contributed by atoms with Gasteiger partial charge in [0.05, 0.1) is 4.91 Å². The molecule has 0 unspecified atom stereocenters. The largest absolute Gasteiger partial charge is 0.329 e. The molecule has 1 fully saturated rings. The van der Waals surface area contributed by atoms with Gasteiger partial charge in [-0.2, -0.15) is 0 Å². The Kier molecular flexibility index (Phi) is 3.89. The first-order valence-corrected chi connectivity index (χ1v) is 7.18. The number of carbonyl (C=O) groups excluding carboxylic acids is 2. The highest BCUT2D eigenvalue weighted by molar-refractivity contribution is 8.18. The summed E-state index contributed by atoms with van der Waals surface area (Å²) in [6.45, 7) is 4.61. The molecule has 2 amide bonds. The first kappa shape index (κ1) is 13.3. The van der Waals surface area contributed by atoms with Crippen LogP contribution in [0.3, 0.4) is 0 Å². The van der Waals surface area contributed by atoms with Gasteiger partial charge in [0.2, 0.25) is 0 Å². The van der Waals surface area contributed by atoms with Crippen LogP contribution in [0.1, 0.15) is 15.3 Å². The maximum absolute atomic E-state index is 12.0. The topological polar surface area (TPSA) is 63.4 Å². The molecule has 1 saturated heterocycles. The lowest BCUT2D eigenvalue weighted by atomic mass is 10.2. The molecule has 1 aliphatic heterocycles. The maximum Gasteiger partial charge on any atom is 0.293 e. The number of imide groups is 1. The van der Waals surface area contributed by atoms with Crippen molar-refractivity contribution in [2.45, 2.75) is 13.8 Å². The Labute approximate surface area is 114 Å². The van der Waals surface area contributed by atoms with Gasteiger partial charge in [0, 0.05) is 22.8 Å². The standard InChI is InChI=1S/C12H14N2O2S2/c1-7-5-9(8(2)17-7)6-10-11(15)14(4-3-13)12(16)18-10/h5-6H,3-4,13H2,1-2H3. The summed E-state index contributed by atoms with van der Waals surface area (Å²) in [6.07, 6.45) is 1.79. The monoisotopic (exact) mass is 282 g/mol. The summed E-state index contributed by atoms with van der Waals surface area (Å²) in [6, 6.07) is 2.02. The normalized spacial score (nSPS) is 18.2. The fraction of sp³-hybridized carbons (Fsp3) is 0.333. The van der Waals surface area contributed by atoms with Gasteiger partial charge in [-0.3, -0.25) is 14.5 Å². The van der Waals surface area contributed by atoms with E-state index in [0.29, 0.717) is 11.4 Å². The van der Waals surface area contributed by atoms with Gasteiger partial charge in [-0.15, -0.1) is 11.3 Å². The second-order valence-corrected chi connectivity index (χ2v) is 6.44. The van der Waals surface area contributed by atoms with E-state index < -0.39 is 0 Å². The Balaban J connectivity index is 2.27. The van der Waals surface area contributed by atoms with E-state index in [4.69, 9.17) is 5.73 Å². The fourth-order valence-electron chi connectivity index (χ4n) is 1.76. The highest BCUT2D eigenvalue weighted by Gasteiger charge is 2.34. The fourth-order valence-corrected chi connectivity index (χ4v) is 3.52. The molecular formula is C12H14N2O2S2. The molecule has 1 aromatic heterocycles. The molecule has 18 heavy (non-hydrogen) atoms. The molecule has 1 aliphatic rings. The molecule has 6 heteroatoms. The van der Waals surface area contributed by atoms with Crippen LogP contribution in [0.15, 0.2) is 11.0 Å². The average molecular weight is 282 g/mol. The lowest BCUT2D eigenvalue weighted by Gasteiger charge is -2.09. The number of nitrogens with zero attached hydrogens (tertiary/aromatic N) is 1. The van der Waals surface area contributed by atoms with E-state index in [1.807, 2.05) is 19.9 Å². The number of hydrogen-bond acceptors (Lipinski definition) is 5. The van der Waals surface area contributed by atoms with E-state index >= 15 is 0 Å². The van der Waals surface area contributed by atoms with Crippen LogP contribution in [-0.2, 0) is 4.79 Å². The van der Waals surface area contributed by atoms with E-state index in [9.17, 15) is 9.59 Å². The quantitative estimate of drug-likeness (QED) is 0.864. The third kappa shape index (κ3) is 2.50. The second-order valence-electron chi connectivity index (χ2n) is 3.99.